The Kier molecular flexibility index (Phi) is 38.7. The van der Waals surface area contributed by atoms with Gasteiger partial charge in [0.05, 0.1) is 26.4 Å². The molecule has 0 aromatic heterocycles. The standard InChI is InChI=1S/C54H100O14/c1-3-5-7-9-11-13-15-17-19-21-22-23-25-27-29-31-33-35-37-46(56)66-43(40-63-38-36-34-32-30-28-26-24-20-18-16-14-12-10-8-6-4-2)41-64-53-52(62)50(60)48(58)45(68-53)42-65-54-51(61)49(59)47(57)44(39-55)67-54/h12,14,18,20,43-45,47-55,57-62H,3-11,13,15-17,19,21-42H2,1-2H3/b14-12-,20-18-. The van der Waals surface area contributed by atoms with E-state index in [1.807, 2.05) is 0 Å². The molecule has 0 aromatic rings. The SMILES string of the molecule is CCCCC/C=C\C/C=C\CCCCCCCCOCC(COC1OC(COC2OC(CO)C(O)C(O)C2O)C(O)C(O)C1O)OC(=O)CCCCCCCCCCCCCCCCCCCC. The third-order valence-electron chi connectivity index (χ3n) is 13.2. The van der Waals surface area contributed by atoms with Crippen molar-refractivity contribution in [1.29, 1.82) is 0 Å². The topological polar surface area (TPSA) is 214 Å². The summed E-state index contributed by atoms with van der Waals surface area (Å²) >= 11 is 0. The third-order valence-corrected chi connectivity index (χ3v) is 13.2. The lowest BCUT2D eigenvalue weighted by Gasteiger charge is -2.42. The molecule has 0 aliphatic carbocycles. The number of hydrogen-bond acceptors (Lipinski definition) is 14. The predicted octanol–water partition coefficient (Wildman–Crippen LogP) is 8.80. The molecular formula is C54H100O14. The minimum atomic E-state index is -1.71. The molecule has 14 heteroatoms. The molecule has 0 radical (unpaired) electrons. The largest absolute Gasteiger partial charge is 0.457 e. The molecule has 14 nitrogen and oxygen atoms in total. The highest BCUT2D eigenvalue weighted by molar-refractivity contribution is 5.69. The van der Waals surface area contributed by atoms with Crippen molar-refractivity contribution in [3.05, 3.63) is 24.3 Å². The van der Waals surface area contributed by atoms with Gasteiger partial charge in [0.1, 0.15) is 54.9 Å². The third kappa shape index (κ3) is 29.1. The number of carbonyl (C=O) groups excluding carboxylic acids is 1. The number of unbranched alkanes of at least 4 members (excludes halogenated alkanes) is 26. The second-order valence-corrected chi connectivity index (χ2v) is 19.4. The molecule has 2 rings (SSSR count). The Balaban J connectivity index is 1.74. The van der Waals surface area contributed by atoms with E-state index in [1.165, 1.54) is 128 Å². The molecule has 68 heavy (non-hydrogen) atoms. The maximum absolute atomic E-state index is 13.0. The summed E-state index contributed by atoms with van der Waals surface area (Å²) in [4.78, 5) is 13.0. The Morgan fingerprint density at radius 2 is 0.912 bits per heavy atom. The lowest BCUT2D eigenvalue weighted by atomic mass is 9.98. The van der Waals surface area contributed by atoms with Crippen LogP contribution in [0.5, 0.6) is 0 Å². The van der Waals surface area contributed by atoms with E-state index in [0.717, 1.165) is 57.8 Å². The molecule has 7 N–H and O–H groups in total. The van der Waals surface area contributed by atoms with E-state index < -0.39 is 80.7 Å². The van der Waals surface area contributed by atoms with Crippen LogP contribution in [0.4, 0.5) is 0 Å². The fourth-order valence-electron chi connectivity index (χ4n) is 8.73. The van der Waals surface area contributed by atoms with Gasteiger partial charge in [0, 0.05) is 13.0 Å². The minimum Gasteiger partial charge on any atom is -0.457 e. The van der Waals surface area contributed by atoms with Crippen LogP contribution >= 0.6 is 0 Å². The van der Waals surface area contributed by atoms with Crippen molar-refractivity contribution in [2.75, 3.05) is 33.0 Å². The zero-order valence-electron chi connectivity index (χ0n) is 42.6. The summed E-state index contributed by atoms with van der Waals surface area (Å²) < 4.78 is 34.3. The molecule has 11 unspecified atom stereocenters. The fraction of sp³-hybridized carbons (Fsp3) is 0.907. The van der Waals surface area contributed by atoms with Crippen molar-refractivity contribution in [2.24, 2.45) is 0 Å². The van der Waals surface area contributed by atoms with Gasteiger partial charge in [0.25, 0.3) is 0 Å². The van der Waals surface area contributed by atoms with Crippen LogP contribution in [0.2, 0.25) is 0 Å². The quantitative estimate of drug-likeness (QED) is 0.0173. The summed E-state index contributed by atoms with van der Waals surface area (Å²) in [5.41, 5.74) is 0. The maximum atomic E-state index is 13.0. The first-order valence-corrected chi connectivity index (χ1v) is 27.4. The van der Waals surface area contributed by atoms with Gasteiger partial charge in [0.15, 0.2) is 12.6 Å². The molecule has 0 amide bonds. The lowest BCUT2D eigenvalue weighted by Crippen LogP contribution is -2.61. The first kappa shape index (κ1) is 62.6. The molecule has 400 valence electrons. The first-order chi connectivity index (χ1) is 33.1. The van der Waals surface area contributed by atoms with E-state index >= 15 is 0 Å². The minimum absolute atomic E-state index is 0.0583. The van der Waals surface area contributed by atoms with Gasteiger partial charge in [-0.1, -0.05) is 186 Å². The van der Waals surface area contributed by atoms with Gasteiger partial charge in [-0.3, -0.25) is 4.79 Å². The fourth-order valence-corrected chi connectivity index (χ4v) is 8.73. The van der Waals surface area contributed by atoms with Gasteiger partial charge >= 0.3 is 5.97 Å². The molecule has 2 fully saturated rings. The van der Waals surface area contributed by atoms with Gasteiger partial charge in [-0.25, -0.2) is 0 Å². The van der Waals surface area contributed by atoms with Crippen LogP contribution in [0.3, 0.4) is 0 Å². The molecular weight excluding hydrogens is 873 g/mol. The monoisotopic (exact) mass is 973 g/mol. The molecule has 0 saturated carbocycles. The normalized spacial score (nSPS) is 26.0. The van der Waals surface area contributed by atoms with E-state index in [9.17, 15) is 40.5 Å². The zero-order chi connectivity index (χ0) is 49.5. The molecule has 0 aromatic carbocycles. The van der Waals surface area contributed by atoms with E-state index in [1.54, 1.807) is 0 Å². The Morgan fingerprint density at radius 1 is 0.485 bits per heavy atom. The first-order valence-electron chi connectivity index (χ1n) is 27.4. The highest BCUT2D eigenvalue weighted by Crippen LogP contribution is 2.26. The second-order valence-electron chi connectivity index (χ2n) is 19.4. The number of carbonyl (C=O) groups is 1. The van der Waals surface area contributed by atoms with Gasteiger partial charge in [-0.15, -0.1) is 0 Å². The number of aliphatic hydroxyl groups is 7. The van der Waals surface area contributed by atoms with E-state index in [4.69, 9.17) is 28.4 Å². The van der Waals surface area contributed by atoms with Gasteiger partial charge in [0.2, 0.25) is 0 Å². The smallest absolute Gasteiger partial charge is 0.306 e. The Labute approximate surface area is 411 Å². The highest BCUT2D eigenvalue weighted by Gasteiger charge is 2.47. The maximum Gasteiger partial charge on any atom is 0.306 e. The summed E-state index contributed by atoms with van der Waals surface area (Å²) in [7, 11) is 0. The summed E-state index contributed by atoms with van der Waals surface area (Å²) in [6.07, 6.45) is 29.5. The zero-order valence-corrected chi connectivity index (χ0v) is 42.6. The number of ether oxygens (including phenoxy) is 6. The Hall–Kier alpha value is -1.53. The van der Waals surface area contributed by atoms with Crippen LogP contribution < -0.4 is 0 Å². The lowest BCUT2D eigenvalue weighted by molar-refractivity contribution is -0.332. The number of rotatable bonds is 44. The Morgan fingerprint density at radius 3 is 1.44 bits per heavy atom. The van der Waals surface area contributed by atoms with Crippen LogP contribution in [0.25, 0.3) is 0 Å². The van der Waals surface area contributed by atoms with Crippen LogP contribution in [-0.4, -0.2) is 142 Å². The van der Waals surface area contributed by atoms with Crippen LogP contribution in [0.15, 0.2) is 24.3 Å². The molecule has 2 saturated heterocycles. The average Bonchev–Trinajstić information content (AvgIpc) is 3.33. The molecule has 2 heterocycles. The van der Waals surface area contributed by atoms with Crippen LogP contribution in [-0.2, 0) is 33.2 Å². The van der Waals surface area contributed by atoms with Gasteiger partial charge < -0.3 is 64.2 Å². The predicted molar refractivity (Wildman–Crippen MR) is 266 cm³/mol. The van der Waals surface area contributed by atoms with E-state index in [-0.39, 0.29) is 25.6 Å². The second kappa shape index (κ2) is 42.0. The summed E-state index contributed by atoms with van der Waals surface area (Å²) in [6.45, 7) is 3.67. The van der Waals surface area contributed by atoms with Gasteiger partial charge in [-0.05, 0) is 44.9 Å². The average molecular weight is 973 g/mol. The molecule has 2 aliphatic heterocycles. The number of allylic oxidation sites excluding steroid dienone is 4. The van der Waals surface area contributed by atoms with Crippen molar-refractivity contribution in [3.8, 4) is 0 Å². The number of esters is 1. The number of aliphatic hydroxyl groups excluding tert-OH is 7. The molecule has 0 spiro atoms. The molecule has 2 aliphatic rings. The van der Waals surface area contributed by atoms with Crippen LogP contribution in [0.1, 0.15) is 213 Å². The van der Waals surface area contributed by atoms with Crippen molar-refractivity contribution in [3.63, 3.8) is 0 Å². The summed E-state index contributed by atoms with van der Waals surface area (Å²) in [5.74, 6) is -0.376. The van der Waals surface area contributed by atoms with Crippen molar-refractivity contribution < 1.29 is 69.0 Å². The highest BCUT2D eigenvalue weighted by atomic mass is 16.7. The van der Waals surface area contributed by atoms with E-state index in [2.05, 4.69) is 38.2 Å². The van der Waals surface area contributed by atoms with Crippen LogP contribution in [0, 0.1) is 0 Å². The van der Waals surface area contributed by atoms with Crippen molar-refractivity contribution >= 4 is 5.97 Å². The van der Waals surface area contributed by atoms with Crippen molar-refractivity contribution in [1.82, 2.24) is 0 Å². The summed E-state index contributed by atoms with van der Waals surface area (Å²) in [5, 5.41) is 72.2. The Bertz CT molecular complexity index is 1220. The summed E-state index contributed by atoms with van der Waals surface area (Å²) in [6, 6.07) is 0. The van der Waals surface area contributed by atoms with E-state index in [0.29, 0.717) is 13.0 Å². The van der Waals surface area contributed by atoms with Crippen molar-refractivity contribution in [2.45, 2.75) is 280 Å². The molecule has 0 bridgehead atoms. The molecule has 11 atom stereocenters. The number of hydrogen-bond donors (Lipinski definition) is 7. The van der Waals surface area contributed by atoms with Gasteiger partial charge in [-0.2, -0.15) is 0 Å².